The third-order valence-corrected chi connectivity index (χ3v) is 5.67. The lowest BCUT2D eigenvalue weighted by Gasteiger charge is -2.14. The van der Waals surface area contributed by atoms with Crippen molar-refractivity contribution < 1.29 is 4.79 Å². The molecule has 4 aromatic rings. The molecule has 1 N–H and O–H groups in total. The van der Waals surface area contributed by atoms with E-state index in [-0.39, 0.29) is 17.9 Å². The lowest BCUT2D eigenvalue weighted by atomic mass is 10.1. The summed E-state index contributed by atoms with van der Waals surface area (Å²) in [5.41, 5.74) is 5.90. The fourth-order valence-corrected chi connectivity index (χ4v) is 4.32. The lowest BCUT2D eigenvalue weighted by Crippen LogP contribution is -2.25. The summed E-state index contributed by atoms with van der Waals surface area (Å²) in [6.07, 6.45) is 1.60. The average molecular weight is 477 g/mol. The topological polar surface area (TPSA) is 66.7 Å². The van der Waals surface area contributed by atoms with Crippen LogP contribution >= 0.6 is 15.9 Å². The third kappa shape index (κ3) is 4.22. The first-order valence-electron chi connectivity index (χ1n) is 9.75. The molecule has 156 valence electrons. The van der Waals surface area contributed by atoms with Gasteiger partial charge in [-0.25, -0.2) is 5.43 Å². The summed E-state index contributed by atoms with van der Waals surface area (Å²) in [5, 5.41) is 5.27. The number of amides is 1. The quantitative estimate of drug-likeness (QED) is 0.267. The van der Waals surface area contributed by atoms with E-state index in [9.17, 15) is 9.59 Å². The number of nitrogens with one attached hydrogen (secondary N) is 1. The molecular weight excluding hydrogens is 456 g/mol. The van der Waals surface area contributed by atoms with Crippen LogP contribution in [-0.2, 0) is 11.3 Å². The van der Waals surface area contributed by atoms with Crippen LogP contribution in [0.25, 0.3) is 21.8 Å². The fraction of sp³-hybridized carbons (Fsp3) is 0.125. The number of carbonyl (C=O) groups excluding carboxylic acids is 1. The van der Waals surface area contributed by atoms with Crippen molar-refractivity contribution in [2.75, 3.05) is 19.0 Å². The van der Waals surface area contributed by atoms with Gasteiger partial charge in [0.1, 0.15) is 6.54 Å². The van der Waals surface area contributed by atoms with Gasteiger partial charge in [-0.05, 0) is 57.9 Å². The van der Waals surface area contributed by atoms with Crippen molar-refractivity contribution in [2.45, 2.75) is 6.54 Å². The van der Waals surface area contributed by atoms with Crippen LogP contribution in [0.4, 0.5) is 5.69 Å². The van der Waals surface area contributed by atoms with E-state index in [4.69, 9.17) is 0 Å². The zero-order valence-corrected chi connectivity index (χ0v) is 18.8. The number of aromatic nitrogens is 1. The number of carbonyl (C=O) groups is 1. The van der Waals surface area contributed by atoms with Crippen LogP contribution in [-0.4, -0.2) is 30.8 Å². The van der Waals surface area contributed by atoms with Gasteiger partial charge in [0.25, 0.3) is 5.91 Å². The molecule has 0 aliphatic carbocycles. The van der Waals surface area contributed by atoms with Gasteiger partial charge in [-0.1, -0.05) is 30.3 Å². The second kappa shape index (κ2) is 8.73. The van der Waals surface area contributed by atoms with E-state index in [0.29, 0.717) is 21.8 Å². The van der Waals surface area contributed by atoms with E-state index in [1.165, 1.54) is 0 Å². The monoisotopic (exact) mass is 476 g/mol. The van der Waals surface area contributed by atoms with Crippen LogP contribution < -0.4 is 15.8 Å². The van der Waals surface area contributed by atoms with E-state index < -0.39 is 0 Å². The van der Waals surface area contributed by atoms with Crippen molar-refractivity contribution in [3.8, 4) is 0 Å². The first-order valence-corrected chi connectivity index (χ1v) is 10.5. The van der Waals surface area contributed by atoms with Crippen molar-refractivity contribution >= 4 is 55.5 Å². The molecule has 0 bridgehead atoms. The number of nitrogens with zero attached hydrogens (tertiary/aromatic N) is 3. The maximum Gasteiger partial charge on any atom is 0.260 e. The third-order valence-electron chi connectivity index (χ3n) is 5.04. The largest absolute Gasteiger partial charge is 0.377 e. The Balaban J connectivity index is 1.59. The van der Waals surface area contributed by atoms with Crippen LogP contribution in [0.5, 0.6) is 0 Å². The molecule has 0 atom stereocenters. The van der Waals surface area contributed by atoms with E-state index in [1.807, 2.05) is 78.2 Å². The molecule has 0 spiro atoms. The van der Waals surface area contributed by atoms with Gasteiger partial charge in [0.05, 0.1) is 22.9 Å². The van der Waals surface area contributed by atoms with Crippen LogP contribution in [0.1, 0.15) is 5.56 Å². The molecule has 1 heterocycles. The summed E-state index contributed by atoms with van der Waals surface area (Å²) in [7, 11) is 3.94. The molecule has 0 aliphatic heterocycles. The first-order chi connectivity index (χ1) is 15.0. The summed E-state index contributed by atoms with van der Waals surface area (Å²) in [6, 6.07) is 20.5. The number of para-hydroxylation sites is 2. The van der Waals surface area contributed by atoms with E-state index in [0.717, 1.165) is 15.7 Å². The number of pyridine rings is 1. The fourth-order valence-electron chi connectivity index (χ4n) is 3.57. The van der Waals surface area contributed by atoms with Gasteiger partial charge in [-0.15, -0.1) is 0 Å². The molecule has 0 unspecified atom stereocenters. The number of benzene rings is 3. The number of rotatable bonds is 5. The summed E-state index contributed by atoms with van der Waals surface area (Å²) >= 11 is 3.55. The molecule has 1 amide bonds. The maximum atomic E-state index is 12.8. The zero-order chi connectivity index (χ0) is 22.0. The van der Waals surface area contributed by atoms with Crippen molar-refractivity contribution in [1.82, 2.24) is 9.99 Å². The molecule has 6 nitrogen and oxygen atoms in total. The normalized spacial score (nSPS) is 11.3. The lowest BCUT2D eigenvalue weighted by molar-refractivity contribution is -0.121. The van der Waals surface area contributed by atoms with E-state index in [1.54, 1.807) is 18.3 Å². The Hall–Kier alpha value is -3.45. The van der Waals surface area contributed by atoms with Gasteiger partial charge in [0, 0.05) is 29.3 Å². The summed E-state index contributed by atoms with van der Waals surface area (Å²) in [5.74, 6) is -0.279. The molecular formula is C24H21BrN4O2. The smallest absolute Gasteiger partial charge is 0.260 e. The van der Waals surface area contributed by atoms with Crippen LogP contribution in [0.2, 0.25) is 0 Å². The molecule has 4 rings (SSSR count). The highest BCUT2D eigenvalue weighted by atomic mass is 79.9. The molecule has 7 heteroatoms. The molecule has 3 aromatic carbocycles. The molecule has 0 radical (unpaired) electrons. The standard InChI is InChI=1S/C24H21BrN4O2/c1-28(2)22-12-11-16(13-19(22)25)14-26-27-23(30)15-29-20-9-5-3-7-17(20)24(31)18-8-4-6-10-21(18)29/h3-14H,15H2,1-2H3,(H,27,30)/b26-14-. The summed E-state index contributed by atoms with van der Waals surface area (Å²) < 4.78 is 2.79. The number of fused-ring (bicyclic) bond motifs is 2. The number of hydrazone groups is 1. The highest BCUT2D eigenvalue weighted by molar-refractivity contribution is 9.10. The average Bonchev–Trinajstić information content (AvgIpc) is 2.76. The van der Waals surface area contributed by atoms with Crippen LogP contribution in [0.3, 0.4) is 0 Å². The highest BCUT2D eigenvalue weighted by Gasteiger charge is 2.12. The predicted molar refractivity (Wildman–Crippen MR) is 130 cm³/mol. The van der Waals surface area contributed by atoms with Gasteiger partial charge >= 0.3 is 0 Å². The van der Waals surface area contributed by atoms with Gasteiger partial charge in [0.2, 0.25) is 0 Å². The molecule has 1 aromatic heterocycles. The number of anilines is 1. The van der Waals surface area contributed by atoms with Crippen molar-refractivity contribution in [3.63, 3.8) is 0 Å². The molecule has 0 aliphatic rings. The minimum atomic E-state index is -0.279. The Morgan fingerprint density at radius 2 is 1.65 bits per heavy atom. The number of hydrogen-bond acceptors (Lipinski definition) is 4. The Morgan fingerprint density at radius 3 is 2.23 bits per heavy atom. The summed E-state index contributed by atoms with van der Waals surface area (Å²) in [6.45, 7) is 0.0436. The van der Waals surface area contributed by atoms with Crippen LogP contribution in [0, 0.1) is 0 Å². The van der Waals surface area contributed by atoms with Gasteiger partial charge in [-0.2, -0.15) is 5.10 Å². The minimum absolute atomic E-state index is 0.0346. The van der Waals surface area contributed by atoms with Gasteiger partial charge < -0.3 is 9.47 Å². The summed E-state index contributed by atoms with van der Waals surface area (Å²) in [4.78, 5) is 27.5. The molecule has 0 saturated heterocycles. The van der Waals surface area contributed by atoms with Crippen molar-refractivity contribution in [2.24, 2.45) is 5.10 Å². The van der Waals surface area contributed by atoms with E-state index in [2.05, 4.69) is 26.5 Å². The SMILES string of the molecule is CN(C)c1ccc(/C=N\NC(=O)Cn2c3ccccc3c(=O)c3ccccc32)cc1Br. The van der Waals surface area contributed by atoms with E-state index >= 15 is 0 Å². The molecule has 0 fully saturated rings. The maximum absolute atomic E-state index is 12.8. The Kier molecular flexibility index (Phi) is 5.86. The first kappa shape index (κ1) is 20.8. The highest BCUT2D eigenvalue weighted by Crippen LogP contribution is 2.25. The van der Waals surface area contributed by atoms with Crippen LogP contribution in [0.15, 0.2) is 81.1 Å². The Labute approximate surface area is 187 Å². The minimum Gasteiger partial charge on any atom is -0.377 e. The van der Waals surface area contributed by atoms with Gasteiger partial charge in [0.15, 0.2) is 5.43 Å². The Bertz CT molecular complexity index is 1320. The second-order valence-corrected chi connectivity index (χ2v) is 8.20. The van der Waals surface area contributed by atoms with Gasteiger partial charge in [-0.3, -0.25) is 9.59 Å². The Morgan fingerprint density at radius 1 is 1.03 bits per heavy atom. The number of halogens is 1. The van der Waals surface area contributed by atoms with Crippen molar-refractivity contribution in [3.05, 3.63) is 87.0 Å². The predicted octanol–water partition coefficient (Wildman–Crippen LogP) is 4.13. The number of hydrogen-bond donors (Lipinski definition) is 1. The molecule has 31 heavy (non-hydrogen) atoms. The zero-order valence-electron chi connectivity index (χ0n) is 17.2. The molecule has 0 saturated carbocycles. The second-order valence-electron chi connectivity index (χ2n) is 7.35. The van der Waals surface area contributed by atoms with Crippen molar-refractivity contribution in [1.29, 1.82) is 0 Å².